The molecule has 0 spiro atoms. The van der Waals surface area contributed by atoms with Gasteiger partial charge in [0.25, 0.3) is 10.0 Å². The summed E-state index contributed by atoms with van der Waals surface area (Å²) in [7, 11) is -0.119. The maximum atomic E-state index is 11.9. The van der Waals surface area contributed by atoms with Gasteiger partial charge in [-0.1, -0.05) is 15.9 Å². The highest BCUT2D eigenvalue weighted by Gasteiger charge is 2.23. The third-order valence-electron chi connectivity index (χ3n) is 2.16. The van der Waals surface area contributed by atoms with Crippen molar-refractivity contribution in [3.8, 4) is 0 Å². The van der Waals surface area contributed by atoms with Crippen molar-refractivity contribution in [2.45, 2.75) is 11.9 Å². The Bertz CT molecular complexity index is 421. The lowest BCUT2D eigenvalue weighted by atomic mass is 10.7. The summed E-state index contributed by atoms with van der Waals surface area (Å²) in [5.74, 6) is 0.681. The number of halogens is 1. The van der Waals surface area contributed by atoms with E-state index in [0.717, 1.165) is 0 Å². The first-order valence-electron chi connectivity index (χ1n) is 4.42. The quantitative estimate of drug-likeness (QED) is 0.770. The van der Waals surface area contributed by atoms with Gasteiger partial charge < -0.3 is 4.57 Å². The number of aryl methyl sites for hydroxylation is 2. The Kier molecular flexibility index (Phi) is 3.91. The van der Waals surface area contributed by atoms with Gasteiger partial charge in [0, 0.05) is 32.2 Å². The van der Waals surface area contributed by atoms with Crippen LogP contribution < -0.4 is 0 Å². The maximum absolute atomic E-state index is 11.9. The van der Waals surface area contributed by atoms with E-state index in [-0.39, 0.29) is 5.03 Å². The second kappa shape index (κ2) is 4.63. The number of imidazole rings is 1. The standard InChI is InChI=1S/C8H14BrN3O2S/c1-7-10-8(6-11(7)2)15(13,14)12(3)5-4-9/h6H,4-5H2,1-3H3. The Morgan fingerprint density at radius 3 is 2.60 bits per heavy atom. The molecule has 0 bridgehead atoms. The number of aromatic nitrogens is 2. The van der Waals surface area contributed by atoms with Crippen LogP contribution in [0.4, 0.5) is 0 Å². The minimum absolute atomic E-state index is 0.103. The van der Waals surface area contributed by atoms with Crippen molar-refractivity contribution in [3.63, 3.8) is 0 Å². The molecule has 0 amide bonds. The summed E-state index contributed by atoms with van der Waals surface area (Å²) in [5.41, 5.74) is 0. The molecule has 0 aromatic carbocycles. The van der Waals surface area contributed by atoms with Crippen LogP contribution >= 0.6 is 15.9 Å². The lowest BCUT2D eigenvalue weighted by molar-refractivity contribution is 0.486. The van der Waals surface area contributed by atoms with Gasteiger partial charge in [0.1, 0.15) is 5.82 Å². The van der Waals surface area contributed by atoms with Gasteiger partial charge in [-0.05, 0) is 6.92 Å². The van der Waals surface area contributed by atoms with Gasteiger partial charge in [-0.2, -0.15) is 4.31 Å². The number of sulfonamides is 1. The molecule has 1 aromatic heterocycles. The van der Waals surface area contributed by atoms with Crippen molar-refractivity contribution < 1.29 is 8.42 Å². The summed E-state index contributed by atoms with van der Waals surface area (Å²) < 4.78 is 26.8. The van der Waals surface area contributed by atoms with Crippen LogP contribution in [-0.2, 0) is 17.1 Å². The smallest absolute Gasteiger partial charge is 0.261 e. The molecule has 0 fully saturated rings. The zero-order valence-corrected chi connectivity index (χ0v) is 11.3. The van der Waals surface area contributed by atoms with Gasteiger partial charge in [-0.15, -0.1) is 0 Å². The number of hydrogen-bond donors (Lipinski definition) is 0. The monoisotopic (exact) mass is 295 g/mol. The fourth-order valence-corrected chi connectivity index (χ4v) is 3.01. The minimum atomic E-state index is -3.43. The zero-order valence-electron chi connectivity index (χ0n) is 8.94. The van der Waals surface area contributed by atoms with Gasteiger partial charge in [0.05, 0.1) is 0 Å². The molecule has 1 heterocycles. The van der Waals surface area contributed by atoms with Crippen molar-refractivity contribution in [2.75, 3.05) is 18.9 Å². The molecule has 1 rings (SSSR count). The van der Waals surface area contributed by atoms with Gasteiger partial charge in [0.15, 0.2) is 5.03 Å². The summed E-state index contributed by atoms with van der Waals surface area (Å²) in [6.07, 6.45) is 1.52. The summed E-state index contributed by atoms with van der Waals surface area (Å²) in [5, 5.41) is 0.708. The molecule has 0 saturated carbocycles. The normalized spacial score (nSPS) is 12.3. The largest absolute Gasteiger partial charge is 0.337 e. The maximum Gasteiger partial charge on any atom is 0.261 e. The molecule has 7 heteroatoms. The molecule has 0 atom stereocenters. The lowest BCUT2D eigenvalue weighted by Crippen LogP contribution is -2.28. The summed E-state index contributed by atoms with van der Waals surface area (Å²) in [4.78, 5) is 4.00. The van der Waals surface area contributed by atoms with Crippen LogP contribution in [-0.4, -0.2) is 41.2 Å². The van der Waals surface area contributed by atoms with Crippen molar-refractivity contribution in [2.24, 2.45) is 7.05 Å². The average Bonchev–Trinajstić information content (AvgIpc) is 2.48. The molecule has 0 saturated heterocycles. The fraction of sp³-hybridized carbons (Fsp3) is 0.625. The molecular formula is C8H14BrN3O2S. The highest BCUT2D eigenvalue weighted by Crippen LogP contribution is 2.12. The van der Waals surface area contributed by atoms with E-state index in [9.17, 15) is 8.42 Å². The van der Waals surface area contributed by atoms with E-state index in [0.29, 0.717) is 17.7 Å². The highest BCUT2D eigenvalue weighted by molar-refractivity contribution is 9.09. The highest BCUT2D eigenvalue weighted by atomic mass is 79.9. The number of rotatable bonds is 4. The van der Waals surface area contributed by atoms with Crippen LogP contribution in [0.2, 0.25) is 0 Å². The predicted molar refractivity (Wildman–Crippen MR) is 61.6 cm³/mol. The second-order valence-electron chi connectivity index (χ2n) is 3.25. The molecule has 1 aromatic rings. The molecule has 0 radical (unpaired) electrons. The Hall–Kier alpha value is -0.400. The summed E-state index contributed by atoms with van der Waals surface area (Å²) >= 11 is 3.20. The Labute approximate surface area is 98.3 Å². The topological polar surface area (TPSA) is 55.2 Å². The van der Waals surface area contributed by atoms with Crippen LogP contribution in [0.5, 0.6) is 0 Å². The third kappa shape index (κ3) is 2.59. The Balaban J connectivity index is 3.06. The molecule has 0 aliphatic heterocycles. The first-order chi connectivity index (χ1) is 6.89. The van der Waals surface area contributed by atoms with E-state index in [2.05, 4.69) is 20.9 Å². The third-order valence-corrected chi connectivity index (χ3v) is 4.24. The van der Waals surface area contributed by atoms with E-state index in [1.165, 1.54) is 10.5 Å². The fourth-order valence-electron chi connectivity index (χ4n) is 1.05. The molecule has 0 unspecified atom stereocenters. The van der Waals surface area contributed by atoms with Crippen molar-refractivity contribution in [3.05, 3.63) is 12.0 Å². The summed E-state index contributed by atoms with van der Waals surface area (Å²) in [6.45, 7) is 2.20. The second-order valence-corrected chi connectivity index (χ2v) is 6.04. The lowest BCUT2D eigenvalue weighted by Gasteiger charge is -2.13. The summed E-state index contributed by atoms with van der Waals surface area (Å²) in [6, 6.07) is 0. The number of nitrogens with zero attached hydrogens (tertiary/aromatic N) is 3. The molecule has 5 nitrogen and oxygen atoms in total. The van der Waals surface area contributed by atoms with E-state index in [1.54, 1.807) is 25.6 Å². The average molecular weight is 296 g/mol. The van der Waals surface area contributed by atoms with Crippen molar-refractivity contribution in [1.29, 1.82) is 0 Å². The van der Waals surface area contributed by atoms with Crippen LogP contribution in [0, 0.1) is 6.92 Å². The van der Waals surface area contributed by atoms with Gasteiger partial charge in [-0.25, -0.2) is 13.4 Å². The molecular weight excluding hydrogens is 282 g/mol. The molecule has 15 heavy (non-hydrogen) atoms. The Morgan fingerprint density at radius 1 is 1.60 bits per heavy atom. The first-order valence-corrected chi connectivity index (χ1v) is 6.98. The van der Waals surface area contributed by atoms with Gasteiger partial charge in [0.2, 0.25) is 0 Å². The van der Waals surface area contributed by atoms with Crippen LogP contribution in [0.1, 0.15) is 5.82 Å². The van der Waals surface area contributed by atoms with Crippen LogP contribution in [0.15, 0.2) is 11.2 Å². The van der Waals surface area contributed by atoms with Crippen LogP contribution in [0.25, 0.3) is 0 Å². The molecule has 86 valence electrons. The number of alkyl halides is 1. The van der Waals surface area contributed by atoms with Gasteiger partial charge in [-0.3, -0.25) is 0 Å². The van der Waals surface area contributed by atoms with E-state index < -0.39 is 10.0 Å². The minimum Gasteiger partial charge on any atom is -0.337 e. The predicted octanol–water partition coefficient (Wildman–Crippen LogP) is 0.744. The molecule has 0 N–H and O–H groups in total. The SMILES string of the molecule is Cc1nc(S(=O)(=O)N(C)CCBr)cn1C. The van der Waals surface area contributed by atoms with E-state index >= 15 is 0 Å². The Morgan fingerprint density at radius 2 is 2.20 bits per heavy atom. The van der Waals surface area contributed by atoms with Crippen molar-refractivity contribution >= 4 is 26.0 Å². The zero-order chi connectivity index (χ0) is 11.6. The molecule has 0 aliphatic carbocycles. The first kappa shape index (κ1) is 12.7. The van der Waals surface area contributed by atoms with Gasteiger partial charge >= 0.3 is 0 Å². The number of hydrogen-bond acceptors (Lipinski definition) is 3. The van der Waals surface area contributed by atoms with E-state index in [1.807, 2.05) is 0 Å². The molecule has 0 aliphatic rings. The van der Waals surface area contributed by atoms with E-state index in [4.69, 9.17) is 0 Å². The van der Waals surface area contributed by atoms with Crippen molar-refractivity contribution in [1.82, 2.24) is 13.9 Å². The van der Waals surface area contributed by atoms with Crippen LogP contribution in [0.3, 0.4) is 0 Å².